The molecule has 5 aromatic carbocycles. The first-order valence-corrected chi connectivity index (χ1v) is 14.0. The van der Waals surface area contributed by atoms with Gasteiger partial charge in [-0.05, 0) is 96.7 Å². The van der Waals surface area contributed by atoms with Crippen LogP contribution in [0, 0.1) is 6.92 Å². The van der Waals surface area contributed by atoms with Crippen LogP contribution in [0.5, 0.6) is 0 Å². The molecule has 1 aliphatic rings. The first-order chi connectivity index (χ1) is 19.2. The van der Waals surface area contributed by atoms with Crippen LogP contribution in [0.4, 0.5) is 0 Å². The normalized spacial score (nSPS) is 15.8. The van der Waals surface area contributed by atoms with Crippen molar-refractivity contribution in [2.45, 2.75) is 45.8 Å². The molecule has 3 heteroatoms. The Bertz CT molecular complexity index is 1640. The zero-order valence-corrected chi connectivity index (χ0v) is 23.9. The Morgan fingerprint density at radius 3 is 1.43 bits per heavy atom. The predicted octanol–water partition coefficient (Wildman–Crippen LogP) is 8.96. The van der Waals surface area contributed by atoms with Crippen molar-refractivity contribution >= 4 is 12.6 Å². The number of benzene rings is 5. The lowest BCUT2D eigenvalue weighted by Gasteiger charge is -2.32. The van der Waals surface area contributed by atoms with Crippen LogP contribution in [0.15, 0.2) is 121 Å². The Balaban J connectivity index is 1.40. The highest BCUT2D eigenvalue weighted by Gasteiger charge is 2.51. The molecule has 0 bridgehead atoms. The molecule has 40 heavy (non-hydrogen) atoms. The third-order valence-corrected chi connectivity index (χ3v) is 8.35. The van der Waals surface area contributed by atoms with E-state index in [-0.39, 0.29) is 0 Å². The molecule has 0 radical (unpaired) electrons. The topological polar surface area (TPSA) is 18.5 Å². The monoisotopic (exact) mass is 522 g/mol. The maximum absolute atomic E-state index is 6.47. The molecule has 1 aliphatic heterocycles. The summed E-state index contributed by atoms with van der Waals surface area (Å²) < 4.78 is 12.9. The Morgan fingerprint density at radius 2 is 0.850 bits per heavy atom. The number of rotatable bonds is 5. The van der Waals surface area contributed by atoms with Gasteiger partial charge in [0, 0.05) is 0 Å². The van der Waals surface area contributed by atoms with Gasteiger partial charge in [-0.25, -0.2) is 0 Å². The summed E-state index contributed by atoms with van der Waals surface area (Å²) >= 11 is 0. The molecule has 1 fully saturated rings. The zero-order valence-electron chi connectivity index (χ0n) is 23.9. The average molecular weight is 522 g/mol. The van der Waals surface area contributed by atoms with Gasteiger partial charge in [0.1, 0.15) is 0 Å². The molecule has 0 N–H and O–H groups in total. The van der Waals surface area contributed by atoms with Crippen LogP contribution >= 0.6 is 0 Å². The zero-order chi connectivity index (χ0) is 27.9. The molecule has 0 amide bonds. The summed E-state index contributed by atoms with van der Waals surface area (Å²) in [6, 6.07) is 43.5. The first-order valence-electron chi connectivity index (χ1n) is 14.0. The second kappa shape index (κ2) is 10.2. The summed E-state index contributed by atoms with van der Waals surface area (Å²) in [6.45, 7) is 10.5. The molecule has 198 valence electrons. The third kappa shape index (κ3) is 5.15. The van der Waals surface area contributed by atoms with Gasteiger partial charge in [0.05, 0.1) is 11.2 Å². The minimum Gasteiger partial charge on any atom is -0.399 e. The standard InChI is InChI=1S/C37H35BO2/c1-26-11-9-14-30(21-26)33-23-34(25-35(24-33)38-39-36(2,3)37(4,5)40-38)32-16-10-15-31(22-32)29-19-17-28(18-20-29)27-12-7-6-8-13-27/h6-25H,1-5H3. The van der Waals surface area contributed by atoms with E-state index in [1.807, 2.05) is 0 Å². The second-order valence-electron chi connectivity index (χ2n) is 11.8. The van der Waals surface area contributed by atoms with Crippen molar-refractivity contribution in [1.82, 2.24) is 0 Å². The van der Waals surface area contributed by atoms with Gasteiger partial charge >= 0.3 is 7.12 Å². The largest absolute Gasteiger partial charge is 0.494 e. The van der Waals surface area contributed by atoms with Gasteiger partial charge in [-0.3, -0.25) is 0 Å². The van der Waals surface area contributed by atoms with Gasteiger partial charge < -0.3 is 9.31 Å². The van der Waals surface area contributed by atoms with Gasteiger partial charge in [0.25, 0.3) is 0 Å². The third-order valence-electron chi connectivity index (χ3n) is 8.35. The molecule has 0 aliphatic carbocycles. The summed E-state index contributed by atoms with van der Waals surface area (Å²) in [6.07, 6.45) is 0. The fourth-order valence-electron chi connectivity index (χ4n) is 5.29. The summed E-state index contributed by atoms with van der Waals surface area (Å²) in [5.41, 5.74) is 11.0. The minimum atomic E-state index is -0.428. The Hall–Kier alpha value is -3.92. The van der Waals surface area contributed by atoms with Crippen molar-refractivity contribution in [2.75, 3.05) is 0 Å². The average Bonchev–Trinajstić information content (AvgIpc) is 3.20. The molecule has 1 saturated heterocycles. The van der Waals surface area contributed by atoms with Crippen LogP contribution < -0.4 is 5.46 Å². The lowest BCUT2D eigenvalue weighted by Crippen LogP contribution is -2.41. The van der Waals surface area contributed by atoms with E-state index in [0.29, 0.717) is 0 Å². The number of hydrogen-bond donors (Lipinski definition) is 0. The molecule has 6 rings (SSSR count). The fourth-order valence-corrected chi connectivity index (χ4v) is 5.29. The van der Waals surface area contributed by atoms with Gasteiger partial charge in [-0.1, -0.05) is 115 Å². The molecule has 2 nitrogen and oxygen atoms in total. The quantitative estimate of drug-likeness (QED) is 0.215. The Labute approximate surface area is 238 Å². The van der Waals surface area contributed by atoms with Crippen LogP contribution in [0.3, 0.4) is 0 Å². The fraction of sp³-hybridized carbons (Fsp3) is 0.189. The Morgan fingerprint density at radius 1 is 0.425 bits per heavy atom. The van der Waals surface area contributed by atoms with Crippen LogP contribution in [0.2, 0.25) is 0 Å². The highest BCUT2D eigenvalue weighted by atomic mass is 16.7. The van der Waals surface area contributed by atoms with E-state index >= 15 is 0 Å². The maximum atomic E-state index is 6.47. The van der Waals surface area contributed by atoms with Crippen LogP contribution in [-0.4, -0.2) is 18.3 Å². The molecule has 1 heterocycles. The molecule has 0 aromatic heterocycles. The molecule has 0 unspecified atom stereocenters. The molecule has 0 atom stereocenters. The van der Waals surface area contributed by atoms with Crippen LogP contribution in [0.25, 0.3) is 44.5 Å². The van der Waals surface area contributed by atoms with Crippen molar-refractivity contribution in [3.8, 4) is 44.5 Å². The van der Waals surface area contributed by atoms with Gasteiger partial charge in [-0.15, -0.1) is 0 Å². The van der Waals surface area contributed by atoms with Gasteiger partial charge in [0.15, 0.2) is 0 Å². The van der Waals surface area contributed by atoms with E-state index in [2.05, 4.69) is 156 Å². The highest BCUT2D eigenvalue weighted by molar-refractivity contribution is 6.62. The predicted molar refractivity (Wildman–Crippen MR) is 169 cm³/mol. The smallest absolute Gasteiger partial charge is 0.399 e. The van der Waals surface area contributed by atoms with E-state index in [0.717, 1.165) is 22.2 Å². The second-order valence-corrected chi connectivity index (χ2v) is 11.8. The summed E-state index contributed by atoms with van der Waals surface area (Å²) in [4.78, 5) is 0. The van der Waals surface area contributed by atoms with Crippen LogP contribution in [-0.2, 0) is 9.31 Å². The maximum Gasteiger partial charge on any atom is 0.494 e. The van der Waals surface area contributed by atoms with Crippen molar-refractivity contribution in [1.29, 1.82) is 0 Å². The van der Waals surface area contributed by atoms with E-state index in [1.54, 1.807) is 0 Å². The van der Waals surface area contributed by atoms with Crippen molar-refractivity contribution in [3.05, 3.63) is 127 Å². The van der Waals surface area contributed by atoms with Crippen molar-refractivity contribution in [3.63, 3.8) is 0 Å². The number of hydrogen-bond acceptors (Lipinski definition) is 2. The van der Waals surface area contributed by atoms with E-state index < -0.39 is 18.3 Å². The highest BCUT2D eigenvalue weighted by Crippen LogP contribution is 2.38. The van der Waals surface area contributed by atoms with E-state index in [4.69, 9.17) is 9.31 Å². The first kappa shape index (κ1) is 26.3. The number of aryl methyl sites for hydroxylation is 1. The van der Waals surface area contributed by atoms with E-state index in [9.17, 15) is 0 Å². The SMILES string of the molecule is Cc1cccc(-c2cc(B3OC(C)(C)C(C)(C)O3)cc(-c3cccc(-c4ccc(-c5ccccc5)cc4)c3)c2)c1. The van der Waals surface area contributed by atoms with Gasteiger partial charge in [-0.2, -0.15) is 0 Å². The lowest BCUT2D eigenvalue weighted by atomic mass is 9.76. The molecular formula is C37H35BO2. The summed E-state index contributed by atoms with van der Waals surface area (Å²) in [5, 5.41) is 0. The van der Waals surface area contributed by atoms with Crippen LogP contribution in [0.1, 0.15) is 33.3 Å². The van der Waals surface area contributed by atoms with Crippen molar-refractivity contribution in [2.24, 2.45) is 0 Å². The molecule has 0 spiro atoms. The molecular weight excluding hydrogens is 487 g/mol. The summed E-state index contributed by atoms with van der Waals surface area (Å²) in [7, 11) is -0.428. The molecule has 0 saturated carbocycles. The molecule has 5 aromatic rings. The minimum absolute atomic E-state index is 0.400. The summed E-state index contributed by atoms with van der Waals surface area (Å²) in [5.74, 6) is 0. The van der Waals surface area contributed by atoms with Gasteiger partial charge in [0.2, 0.25) is 0 Å². The van der Waals surface area contributed by atoms with E-state index in [1.165, 1.54) is 33.4 Å². The Kier molecular flexibility index (Phi) is 6.74. The lowest BCUT2D eigenvalue weighted by molar-refractivity contribution is 0.00578. The van der Waals surface area contributed by atoms with Crippen molar-refractivity contribution < 1.29 is 9.31 Å².